The molecule has 2 aromatic carbocycles. The van der Waals surface area contributed by atoms with E-state index in [0.29, 0.717) is 6.42 Å². The second-order valence-corrected chi connectivity index (χ2v) is 6.70. The third-order valence-electron chi connectivity index (χ3n) is 3.59. The summed E-state index contributed by atoms with van der Waals surface area (Å²) in [5.74, 6) is 1.49. The molecule has 3 nitrogen and oxygen atoms in total. The third-order valence-corrected chi connectivity index (χ3v) is 4.80. The highest BCUT2D eigenvalue weighted by Crippen LogP contribution is 2.43. The van der Waals surface area contributed by atoms with E-state index in [1.165, 1.54) is 0 Å². The van der Waals surface area contributed by atoms with Crippen molar-refractivity contribution >= 4 is 31.9 Å². The maximum Gasteiger partial charge on any atom is 0.128 e. The van der Waals surface area contributed by atoms with Gasteiger partial charge in [0.25, 0.3) is 0 Å². The molecule has 5 heteroatoms. The van der Waals surface area contributed by atoms with Crippen molar-refractivity contribution < 1.29 is 14.6 Å². The molecule has 21 heavy (non-hydrogen) atoms. The van der Waals surface area contributed by atoms with E-state index in [2.05, 4.69) is 31.9 Å². The molecule has 0 aromatic heterocycles. The number of benzene rings is 2. The molecular weight excluding hydrogens is 400 g/mol. The van der Waals surface area contributed by atoms with Crippen LogP contribution in [-0.4, -0.2) is 12.2 Å². The van der Waals surface area contributed by atoms with E-state index in [1.54, 1.807) is 7.11 Å². The summed E-state index contributed by atoms with van der Waals surface area (Å²) in [7, 11) is 1.64. The normalized spacial score (nSPS) is 20.6. The number of halogens is 2. The summed E-state index contributed by atoms with van der Waals surface area (Å²) in [6.45, 7) is 0. The molecule has 1 heterocycles. The highest BCUT2D eigenvalue weighted by atomic mass is 79.9. The van der Waals surface area contributed by atoms with Crippen molar-refractivity contribution in [2.75, 3.05) is 7.11 Å². The Morgan fingerprint density at radius 1 is 1.14 bits per heavy atom. The minimum Gasteiger partial charge on any atom is -0.497 e. The molecule has 0 saturated carbocycles. The molecule has 0 bridgehead atoms. The average molecular weight is 414 g/mol. The number of methoxy groups -OCH3 is 1. The van der Waals surface area contributed by atoms with Crippen LogP contribution >= 0.6 is 31.9 Å². The van der Waals surface area contributed by atoms with Crippen LogP contribution in [0.5, 0.6) is 11.5 Å². The Kier molecular flexibility index (Phi) is 4.24. The van der Waals surface area contributed by atoms with Gasteiger partial charge in [0.15, 0.2) is 0 Å². The smallest absolute Gasteiger partial charge is 0.128 e. The van der Waals surface area contributed by atoms with E-state index in [-0.39, 0.29) is 6.10 Å². The maximum atomic E-state index is 10.4. The van der Waals surface area contributed by atoms with E-state index in [9.17, 15) is 5.11 Å². The monoisotopic (exact) mass is 412 g/mol. The molecule has 2 atom stereocenters. The lowest BCUT2D eigenvalue weighted by Gasteiger charge is -2.30. The maximum absolute atomic E-state index is 10.4. The minimum atomic E-state index is -0.547. The van der Waals surface area contributed by atoms with Gasteiger partial charge in [-0.3, -0.25) is 0 Å². The molecule has 1 N–H and O–H groups in total. The fraction of sp³-hybridized carbons (Fsp3) is 0.250. The van der Waals surface area contributed by atoms with Crippen molar-refractivity contribution in [3.8, 4) is 11.5 Å². The van der Waals surface area contributed by atoms with Crippen molar-refractivity contribution in [3.05, 3.63) is 56.5 Å². The van der Waals surface area contributed by atoms with Gasteiger partial charge >= 0.3 is 0 Å². The highest BCUT2D eigenvalue weighted by Gasteiger charge is 2.29. The SMILES string of the molecule is COc1ccc(Br)c(C2CC(O)c3cc(Br)ccc3O2)c1. The number of hydrogen-bond acceptors (Lipinski definition) is 3. The summed E-state index contributed by atoms with van der Waals surface area (Å²) >= 11 is 6.96. The molecular formula is C16H14Br2O3. The van der Waals surface area contributed by atoms with Gasteiger partial charge < -0.3 is 14.6 Å². The summed E-state index contributed by atoms with van der Waals surface area (Å²) < 4.78 is 13.2. The molecule has 3 rings (SSSR count). The van der Waals surface area contributed by atoms with Crippen molar-refractivity contribution in [2.45, 2.75) is 18.6 Å². The highest BCUT2D eigenvalue weighted by molar-refractivity contribution is 9.10. The van der Waals surface area contributed by atoms with Gasteiger partial charge in [-0.1, -0.05) is 31.9 Å². The zero-order valence-corrected chi connectivity index (χ0v) is 14.5. The van der Waals surface area contributed by atoms with Crippen molar-refractivity contribution in [1.29, 1.82) is 0 Å². The Morgan fingerprint density at radius 3 is 2.71 bits per heavy atom. The first kappa shape index (κ1) is 14.9. The number of ether oxygens (including phenoxy) is 2. The van der Waals surface area contributed by atoms with Gasteiger partial charge in [-0.05, 0) is 36.4 Å². The lowest BCUT2D eigenvalue weighted by atomic mass is 9.95. The standard InChI is InChI=1S/C16H14Br2O3/c1-20-10-3-4-13(18)11(7-10)16-8-14(19)12-6-9(17)2-5-15(12)21-16/h2-7,14,16,19H,8H2,1H3. The zero-order chi connectivity index (χ0) is 15.0. The molecule has 110 valence electrons. The van der Waals surface area contributed by atoms with E-state index in [0.717, 1.165) is 31.6 Å². The molecule has 2 aromatic rings. The van der Waals surface area contributed by atoms with Crippen LogP contribution in [0.15, 0.2) is 45.3 Å². The average Bonchev–Trinajstić information content (AvgIpc) is 2.48. The molecule has 0 saturated heterocycles. The van der Waals surface area contributed by atoms with Crippen LogP contribution in [0.1, 0.15) is 29.8 Å². The van der Waals surface area contributed by atoms with Gasteiger partial charge in [0.05, 0.1) is 13.2 Å². The van der Waals surface area contributed by atoms with Crippen LogP contribution in [0.25, 0.3) is 0 Å². The summed E-state index contributed by atoms with van der Waals surface area (Å²) in [6, 6.07) is 11.4. The van der Waals surface area contributed by atoms with Gasteiger partial charge in [0.2, 0.25) is 0 Å². The Bertz CT molecular complexity index is 673. The number of aliphatic hydroxyl groups excluding tert-OH is 1. The summed E-state index contributed by atoms with van der Waals surface area (Å²) in [4.78, 5) is 0. The van der Waals surface area contributed by atoms with Crippen LogP contribution in [0, 0.1) is 0 Å². The van der Waals surface area contributed by atoms with Crippen molar-refractivity contribution in [2.24, 2.45) is 0 Å². The number of rotatable bonds is 2. The third kappa shape index (κ3) is 2.96. The summed E-state index contributed by atoms with van der Waals surface area (Å²) in [5.41, 5.74) is 1.79. The summed E-state index contributed by atoms with van der Waals surface area (Å²) in [6.07, 6.45) is -0.248. The molecule has 0 fully saturated rings. The summed E-state index contributed by atoms with van der Waals surface area (Å²) in [5, 5.41) is 10.4. The van der Waals surface area contributed by atoms with Crippen LogP contribution in [0.2, 0.25) is 0 Å². The largest absolute Gasteiger partial charge is 0.497 e. The number of aliphatic hydroxyl groups is 1. The predicted molar refractivity (Wildman–Crippen MR) is 87.8 cm³/mol. The minimum absolute atomic E-state index is 0.210. The van der Waals surface area contributed by atoms with E-state index < -0.39 is 6.10 Å². The number of hydrogen-bond donors (Lipinski definition) is 1. The molecule has 0 spiro atoms. The van der Waals surface area contributed by atoms with Gasteiger partial charge in [0.1, 0.15) is 17.6 Å². The lowest BCUT2D eigenvalue weighted by Crippen LogP contribution is -2.19. The van der Waals surface area contributed by atoms with E-state index in [4.69, 9.17) is 9.47 Å². The van der Waals surface area contributed by atoms with Crippen LogP contribution in [0.4, 0.5) is 0 Å². The Labute approximate surface area is 140 Å². The second-order valence-electron chi connectivity index (χ2n) is 4.93. The quantitative estimate of drug-likeness (QED) is 0.769. The molecule has 0 aliphatic carbocycles. The number of fused-ring (bicyclic) bond motifs is 1. The van der Waals surface area contributed by atoms with Crippen molar-refractivity contribution in [1.82, 2.24) is 0 Å². The Hall–Kier alpha value is -1.04. The van der Waals surface area contributed by atoms with E-state index >= 15 is 0 Å². The molecule has 0 radical (unpaired) electrons. The fourth-order valence-electron chi connectivity index (χ4n) is 2.50. The van der Waals surface area contributed by atoms with E-state index in [1.807, 2.05) is 36.4 Å². The molecule has 1 aliphatic heterocycles. The molecule has 2 unspecified atom stereocenters. The zero-order valence-electron chi connectivity index (χ0n) is 11.3. The lowest BCUT2D eigenvalue weighted by molar-refractivity contribution is 0.0652. The fourth-order valence-corrected chi connectivity index (χ4v) is 3.38. The van der Waals surface area contributed by atoms with Gasteiger partial charge in [-0.15, -0.1) is 0 Å². The van der Waals surface area contributed by atoms with Crippen LogP contribution in [-0.2, 0) is 0 Å². The topological polar surface area (TPSA) is 38.7 Å². The molecule has 1 aliphatic rings. The first-order chi connectivity index (χ1) is 10.1. The van der Waals surface area contributed by atoms with Gasteiger partial charge in [-0.25, -0.2) is 0 Å². The van der Waals surface area contributed by atoms with Crippen LogP contribution < -0.4 is 9.47 Å². The Morgan fingerprint density at radius 2 is 1.95 bits per heavy atom. The van der Waals surface area contributed by atoms with Crippen LogP contribution in [0.3, 0.4) is 0 Å². The Balaban J connectivity index is 1.97. The predicted octanol–water partition coefficient (Wildman–Crippen LogP) is 4.78. The first-order valence-electron chi connectivity index (χ1n) is 6.56. The second kappa shape index (κ2) is 5.99. The molecule has 0 amide bonds. The van der Waals surface area contributed by atoms with Crippen molar-refractivity contribution in [3.63, 3.8) is 0 Å². The first-order valence-corrected chi connectivity index (χ1v) is 8.14. The van der Waals surface area contributed by atoms with Gasteiger partial charge in [-0.2, -0.15) is 0 Å². The van der Waals surface area contributed by atoms with Gasteiger partial charge in [0, 0.05) is 26.5 Å².